The second kappa shape index (κ2) is 3.29. The molecule has 0 aromatic carbocycles. The van der Waals surface area contributed by atoms with Gasteiger partial charge >= 0.3 is 0 Å². The third kappa shape index (κ3) is 2.15. The summed E-state index contributed by atoms with van der Waals surface area (Å²) in [6.07, 6.45) is 0. The first-order valence-corrected chi connectivity index (χ1v) is 3.42. The number of hydrogen-bond acceptors (Lipinski definition) is 5. The summed E-state index contributed by atoms with van der Waals surface area (Å²) >= 11 is 0. The van der Waals surface area contributed by atoms with Crippen LogP contribution in [0.15, 0.2) is 0 Å². The SMILES string of the molecule is CC(N)CNc1nnnn1C. The van der Waals surface area contributed by atoms with E-state index in [2.05, 4.69) is 20.8 Å². The predicted octanol–water partition coefficient (Wildman–Crippen LogP) is -1.03. The molecule has 0 radical (unpaired) electrons. The van der Waals surface area contributed by atoms with Crippen LogP contribution in [0.5, 0.6) is 0 Å². The Bertz CT molecular complexity index is 217. The van der Waals surface area contributed by atoms with Crippen molar-refractivity contribution in [2.45, 2.75) is 13.0 Å². The molecule has 11 heavy (non-hydrogen) atoms. The highest BCUT2D eigenvalue weighted by Crippen LogP contribution is 1.94. The molecule has 0 fully saturated rings. The molecule has 62 valence electrons. The van der Waals surface area contributed by atoms with Crippen LogP contribution < -0.4 is 11.1 Å². The predicted molar refractivity (Wildman–Crippen MR) is 40.9 cm³/mol. The third-order valence-corrected chi connectivity index (χ3v) is 1.20. The molecule has 1 unspecified atom stereocenters. The Kier molecular flexibility index (Phi) is 2.37. The number of aromatic nitrogens is 4. The Hall–Kier alpha value is -1.17. The van der Waals surface area contributed by atoms with Crippen molar-refractivity contribution in [1.29, 1.82) is 0 Å². The Morgan fingerprint density at radius 1 is 1.73 bits per heavy atom. The number of rotatable bonds is 3. The van der Waals surface area contributed by atoms with Crippen LogP contribution in [0.2, 0.25) is 0 Å². The fourth-order valence-electron chi connectivity index (χ4n) is 0.631. The summed E-state index contributed by atoms with van der Waals surface area (Å²) in [5.41, 5.74) is 5.52. The zero-order chi connectivity index (χ0) is 8.27. The van der Waals surface area contributed by atoms with Gasteiger partial charge in [-0.15, -0.1) is 0 Å². The summed E-state index contributed by atoms with van der Waals surface area (Å²) < 4.78 is 1.56. The van der Waals surface area contributed by atoms with Gasteiger partial charge in [-0.05, 0) is 17.4 Å². The van der Waals surface area contributed by atoms with E-state index in [9.17, 15) is 0 Å². The van der Waals surface area contributed by atoms with E-state index >= 15 is 0 Å². The van der Waals surface area contributed by atoms with E-state index in [4.69, 9.17) is 5.73 Å². The largest absolute Gasteiger partial charge is 0.352 e. The van der Waals surface area contributed by atoms with Gasteiger partial charge in [0.1, 0.15) is 0 Å². The summed E-state index contributed by atoms with van der Waals surface area (Å²) in [5, 5.41) is 13.8. The van der Waals surface area contributed by atoms with Crippen molar-refractivity contribution in [3.05, 3.63) is 0 Å². The van der Waals surface area contributed by atoms with Crippen molar-refractivity contribution >= 4 is 5.95 Å². The molecule has 0 bridgehead atoms. The molecule has 0 aliphatic carbocycles. The smallest absolute Gasteiger partial charge is 0.242 e. The Morgan fingerprint density at radius 2 is 2.45 bits per heavy atom. The average molecular weight is 156 g/mol. The highest BCUT2D eigenvalue weighted by Gasteiger charge is 2.00. The molecule has 3 N–H and O–H groups in total. The molecule has 0 saturated carbocycles. The molecule has 1 aromatic heterocycles. The van der Waals surface area contributed by atoms with E-state index in [0.717, 1.165) is 0 Å². The second-order valence-electron chi connectivity index (χ2n) is 2.48. The van der Waals surface area contributed by atoms with Crippen LogP contribution in [0.25, 0.3) is 0 Å². The molecule has 1 rings (SSSR count). The summed E-state index contributed by atoms with van der Waals surface area (Å²) in [5.74, 6) is 0.641. The molecular weight excluding hydrogens is 144 g/mol. The lowest BCUT2D eigenvalue weighted by Crippen LogP contribution is -2.26. The minimum atomic E-state index is 0.103. The van der Waals surface area contributed by atoms with E-state index in [1.807, 2.05) is 6.92 Å². The quantitative estimate of drug-likeness (QED) is 0.584. The molecule has 6 heteroatoms. The van der Waals surface area contributed by atoms with Crippen molar-refractivity contribution in [2.24, 2.45) is 12.8 Å². The third-order valence-electron chi connectivity index (χ3n) is 1.20. The summed E-state index contributed by atoms with van der Waals surface area (Å²) in [6.45, 7) is 2.59. The van der Waals surface area contributed by atoms with Gasteiger partial charge in [0.2, 0.25) is 5.95 Å². The van der Waals surface area contributed by atoms with Crippen LogP contribution in [0, 0.1) is 0 Å². The van der Waals surface area contributed by atoms with Gasteiger partial charge in [0.25, 0.3) is 0 Å². The summed E-state index contributed by atoms with van der Waals surface area (Å²) in [6, 6.07) is 0.103. The van der Waals surface area contributed by atoms with Crippen molar-refractivity contribution in [3.63, 3.8) is 0 Å². The molecule has 0 saturated heterocycles. The van der Waals surface area contributed by atoms with Crippen LogP contribution in [-0.4, -0.2) is 32.8 Å². The van der Waals surface area contributed by atoms with E-state index in [-0.39, 0.29) is 6.04 Å². The van der Waals surface area contributed by atoms with Crippen LogP contribution in [0.1, 0.15) is 6.92 Å². The molecule has 1 heterocycles. The lowest BCUT2D eigenvalue weighted by atomic mass is 10.4. The number of tetrazole rings is 1. The normalized spacial score (nSPS) is 13.0. The fourth-order valence-corrected chi connectivity index (χ4v) is 0.631. The van der Waals surface area contributed by atoms with Gasteiger partial charge in [0.15, 0.2) is 0 Å². The first-order valence-electron chi connectivity index (χ1n) is 3.42. The highest BCUT2D eigenvalue weighted by atomic mass is 15.6. The van der Waals surface area contributed by atoms with Gasteiger partial charge in [-0.1, -0.05) is 5.10 Å². The first kappa shape index (κ1) is 7.93. The first-order chi connectivity index (χ1) is 5.20. The molecule has 0 spiro atoms. The fraction of sp³-hybridized carbons (Fsp3) is 0.800. The van der Waals surface area contributed by atoms with E-state index in [1.165, 1.54) is 0 Å². The van der Waals surface area contributed by atoms with E-state index in [0.29, 0.717) is 12.5 Å². The minimum absolute atomic E-state index is 0.103. The van der Waals surface area contributed by atoms with Crippen LogP contribution in [0.3, 0.4) is 0 Å². The zero-order valence-corrected chi connectivity index (χ0v) is 6.65. The van der Waals surface area contributed by atoms with Crippen molar-refractivity contribution in [1.82, 2.24) is 20.2 Å². The number of nitrogens with zero attached hydrogens (tertiary/aromatic N) is 4. The van der Waals surface area contributed by atoms with Crippen molar-refractivity contribution < 1.29 is 0 Å². The van der Waals surface area contributed by atoms with E-state index in [1.54, 1.807) is 11.7 Å². The highest BCUT2D eigenvalue weighted by molar-refractivity contribution is 5.20. The van der Waals surface area contributed by atoms with Gasteiger partial charge in [0.05, 0.1) is 0 Å². The maximum absolute atomic E-state index is 5.52. The molecule has 1 aromatic rings. The van der Waals surface area contributed by atoms with Gasteiger partial charge in [-0.25, -0.2) is 4.68 Å². The standard InChI is InChI=1S/C5H12N6/c1-4(6)3-7-5-8-9-10-11(5)2/h4H,3,6H2,1-2H3,(H,7,8,10). The van der Waals surface area contributed by atoms with Gasteiger partial charge in [-0.3, -0.25) is 0 Å². The van der Waals surface area contributed by atoms with Crippen molar-refractivity contribution in [3.8, 4) is 0 Å². The molecule has 1 atom stereocenters. The number of nitrogens with one attached hydrogen (secondary N) is 1. The topological polar surface area (TPSA) is 81.7 Å². The molecule has 0 aliphatic rings. The Labute approximate surface area is 64.8 Å². The number of aryl methyl sites for hydroxylation is 1. The Morgan fingerprint density at radius 3 is 2.91 bits per heavy atom. The lowest BCUT2D eigenvalue weighted by molar-refractivity contribution is 0.705. The summed E-state index contributed by atoms with van der Waals surface area (Å²) in [4.78, 5) is 0. The van der Waals surface area contributed by atoms with Gasteiger partial charge in [-0.2, -0.15) is 0 Å². The van der Waals surface area contributed by atoms with Crippen LogP contribution in [0.4, 0.5) is 5.95 Å². The lowest BCUT2D eigenvalue weighted by Gasteiger charge is -2.05. The molecular formula is C5H12N6. The molecule has 0 amide bonds. The average Bonchev–Trinajstić information content (AvgIpc) is 2.31. The Balaban J connectivity index is 2.44. The van der Waals surface area contributed by atoms with Crippen LogP contribution in [-0.2, 0) is 7.05 Å². The number of hydrogen-bond donors (Lipinski definition) is 2. The monoisotopic (exact) mass is 156 g/mol. The minimum Gasteiger partial charge on any atom is -0.352 e. The number of anilines is 1. The maximum atomic E-state index is 5.52. The van der Waals surface area contributed by atoms with Gasteiger partial charge < -0.3 is 11.1 Å². The van der Waals surface area contributed by atoms with E-state index < -0.39 is 0 Å². The molecule has 0 aliphatic heterocycles. The van der Waals surface area contributed by atoms with Gasteiger partial charge in [0, 0.05) is 19.6 Å². The molecule has 6 nitrogen and oxygen atoms in total. The second-order valence-corrected chi connectivity index (χ2v) is 2.48. The van der Waals surface area contributed by atoms with Crippen LogP contribution >= 0.6 is 0 Å². The summed E-state index contributed by atoms with van der Waals surface area (Å²) in [7, 11) is 1.77. The maximum Gasteiger partial charge on any atom is 0.242 e. The van der Waals surface area contributed by atoms with Crippen molar-refractivity contribution in [2.75, 3.05) is 11.9 Å². The zero-order valence-electron chi connectivity index (χ0n) is 6.65. The number of nitrogens with two attached hydrogens (primary N) is 1.